The molecule has 6 rings (SSSR count). The van der Waals surface area contributed by atoms with Crippen LogP contribution in [0.5, 0.6) is 0 Å². The van der Waals surface area contributed by atoms with Crippen molar-refractivity contribution in [1.29, 1.82) is 0 Å². The van der Waals surface area contributed by atoms with Crippen molar-refractivity contribution < 1.29 is 7.56 Å². The van der Waals surface area contributed by atoms with Crippen LogP contribution in [0.2, 0.25) is 0 Å². The second-order valence-corrected chi connectivity index (χ2v) is 30.6. The third-order valence-corrected chi connectivity index (χ3v) is 37.2. The van der Waals surface area contributed by atoms with Crippen LogP contribution in [0.15, 0.2) is 182 Å². The molecule has 5 heteroatoms. The van der Waals surface area contributed by atoms with Crippen LogP contribution in [-0.2, 0) is 7.56 Å². The van der Waals surface area contributed by atoms with Crippen LogP contribution in [0, 0.1) is 0 Å². The van der Waals surface area contributed by atoms with Crippen molar-refractivity contribution >= 4 is 52.7 Å². The van der Waals surface area contributed by atoms with Gasteiger partial charge in [-0.05, 0) is 0 Å². The standard InChI is InChI=1S/2C8H9O.4C6H5.O.2Sn/c2*1-7(9)8-5-3-2-4-6-8;4*1-2-4-6-5-3-1;;;/h2*2-7H,1H3;4*1-5H;;;/q2*-1;;;;;;2*+1. The second-order valence-electron chi connectivity index (χ2n) is 11.1. The molecule has 0 spiro atoms. The number of hydrogen-bond acceptors (Lipinski definition) is 3. The molecule has 0 radical (unpaired) electrons. The molecular weight excluding hydrogens is 766 g/mol. The van der Waals surface area contributed by atoms with Crippen LogP contribution in [-0.4, -0.2) is 38.4 Å². The first-order valence-corrected chi connectivity index (χ1v) is 25.9. The van der Waals surface area contributed by atoms with Crippen LogP contribution < -0.4 is 14.3 Å². The monoisotopic (exact) mass is 806 g/mol. The van der Waals surface area contributed by atoms with E-state index in [0.717, 1.165) is 25.4 Å². The van der Waals surface area contributed by atoms with Gasteiger partial charge in [0.05, 0.1) is 0 Å². The summed E-state index contributed by atoms with van der Waals surface area (Å²) in [6, 6.07) is 63.4. The Labute approximate surface area is 277 Å². The Balaban J connectivity index is 1.63. The van der Waals surface area contributed by atoms with Crippen LogP contribution in [0.4, 0.5) is 0 Å². The van der Waals surface area contributed by atoms with Crippen molar-refractivity contribution in [2.75, 3.05) is 0 Å². The van der Waals surface area contributed by atoms with Gasteiger partial charge in [-0.3, -0.25) is 0 Å². The molecule has 2 unspecified atom stereocenters. The summed E-state index contributed by atoms with van der Waals surface area (Å²) in [5.41, 5.74) is 2.24. The zero-order chi connectivity index (χ0) is 31.0. The Morgan fingerprint density at radius 2 is 0.556 bits per heavy atom. The predicted molar refractivity (Wildman–Crippen MR) is 189 cm³/mol. The molecule has 0 aliphatic rings. The average Bonchev–Trinajstić information content (AvgIpc) is 3.13. The SMILES string of the molecule is CC([O][Sn]([O][Sn]([O]C(C)c1ccccc1)([c]1ccccc1)[c]1ccccc1)([c]1ccccc1)[c]1ccccc1)c1ccccc1. The van der Waals surface area contributed by atoms with Crippen LogP contribution in [0.3, 0.4) is 0 Å². The van der Waals surface area contributed by atoms with Gasteiger partial charge < -0.3 is 0 Å². The van der Waals surface area contributed by atoms with Gasteiger partial charge >= 0.3 is 279 Å². The van der Waals surface area contributed by atoms with Crippen LogP contribution >= 0.6 is 0 Å². The molecule has 0 amide bonds. The normalized spacial score (nSPS) is 13.2. The molecule has 6 aromatic rings. The molecule has 0 bridgehead atoms. The average molecular weight is 804 g/mol. The van der Waals surface area contributed by atoms with E-state index in [2.05, 4.69) is 184 Å². The Morgan fingerprint density at radius 1 is 0.333 bits per heavy atom. The topological polar surface area (TPSA) is 27.7 Å². The van der Waals surface area contributed by atoms with Gasteiger partial charge in [0.15, 0.2) is 0 Å². The van der Waals surface area contributed by atoms with Gasteiger partial charge in [0.25, 0.3) is 0 Å². The fourth-order valence-corrected chi connectivity index (χ4v) is 41.5. The molecule has 0 N–H and O–H groups in total. The summed E-state index contributed by atoms with van der Waals surface area (Å²) < 4.78 is 27.7. The number of benzene rings is 6. The number of hydrogen-bond donors (Lipinski definition) is 0. The third-order valence-electron chi connectivity index (χ3n) is 8.13. The Morgan fingerprint density at radius 3 is 0.800 bits per heavy atom. The molecule has 0 saturated carbocycles. The van der Waals surface area contributed by atoms with E-state index >= 15 is 0 Å². The van der Waals surface area contributed by atoms with E-state index < -0.39 is 38.4 Å². The minimum atomic E-state index is -4.62. The van der Waals surface area contributed by atoms with E-state index in [4.69, 9.17) is 7.56 Å². The molecule has 2 atom stereocenters. The minimum absolute atomic E-state index is 0.204. The van der Waals surface area contributed by atoms with Crippen LogP contribution in [0.1, 0.15) is 37.2 Å². The molecule has 0 fully saturated rings. The van der Waals surface area contributed by atoms with Crippen LogP contribution in [0.25, 0.3) is 0 Å². The zero-order valence-electron chi connectivity index (χ0n) is 25.7. The molecule has 0 saturated heterocycles. The van der Waals surface area contributed by atoms with Crippen molar-refractivity contribution in [3.63, 3.8) is 0 Å². The quantitative estimate of drug-likeness (QED) is 0.124. The first kappa shape index (κ1) is 31.8. The fraction of sp³-hybridized carbons (Fsp3) is 0.100. The van der Waals surface area contributed by atoms with E-state index in [9.17, 15) is 0 Å². The summed E-state index contributed by atoms with van der Waals surface area (Å²) in [4.78, 5) is 0. The molecule has 3 nitrogen and oxygen atoms in total. The van der Waals surface area contributed by atoms with Gasteiger partial charge in [-0.2, -0.15) is 0 Å². The van der Waals surface area contributed by atoms with Gasteiger partial charge in [0, 0.05) is 0 Å². The van der Waals surface area contributed by atoms with Gasteiger partial charge in [-0.15, -0.1) is 0 Å². The summed E-state index contributed by atoms with van der Waals surface area (Å²) in [6.45, 7) is 4.29. The molecule has 0 heterocycles. The first-order chi connectivity index (χ1) is 22.1. The van der Waals surface area contributed by atoms with Crippen molar-refractivity contribution in [2.45, 2.75) is 26.1 Å². The molecule has 0 aliphatic carbocycles. The fourth-order valence-electron chi connectivity index (χ4n) is 5.80. The van der Waals surface area contributed by atoms with E-state index in [0.29, 0.717) is 0 Å². The Kier molecular flexibility index (Phi) is 10.5. The molecular formula is C40H38O3Sn2. The van der Waals surface area contributed by atoms with E-state index in [-0.39, 0.29) is 12.2 Å². The Hall–Kier alpha value is -3.20. The Bertz CT molecular complexity index is 1530. The van der Waals surface area contributed by atoms with E-state index in [1.54, 1.807) is 0 Å². The van der Waals surface area contributed by atoms with Crippen molar-refractivity contribution in [1.82, 2.24) is 0 Å². The van der Waals surface area contributed by atoms with Gasteiger partial charge in [-0.1, -0.05) is 0 Å². The maximum absolute atomic E-state index is 8.13. The third kappa shape index (κ3) is 7.13. The zero-order valence-corrected chi connectivity index (χ0v) is 31.4. The second kappa shape index (κ2) is 14.9. The summed E-state index contributed by atoms with van der Waals surface area (Å²) in [6.07, 6.45) is -0.408. The molecule has 224 valence electrons. The maximum atomic E-state index is 8.13. The van der Waals surface area contributed by atoms with Crippen molar-refractivity contribution in [3.05, 3.63) is 193 Å². The molecule has 45 heavy (non-hydrogen) atoms. The van der Waals surface area contributed by atoms with Gasteiger partial charge in [0.2, 0.25) is 0 Å². The van der Waals surface area contributed by atoms with Gasteiger partial charge in [-0.25, -0.2) is 0 Å². The van der Waals surface area contributed by atoms with Crippen molar-refractivity contribution in [3.8, 4) is 0 Å². The predicted octanol–water partition coefficient (Wildman–Crippen LogP) is 7.07. The summed E-state index contributed by atoms with van der Waals surface area (Å²) in [7, 11) is 0. The van der Waals surface area contributed by atoms with Gasteiger partial charge in [0.1, 0.15) is 0 Å². The summed E-state index contributed by atoms with van der Waals surface area (Å²) in [5, 5.41) is 0. The molecule has 0 aliphatic heterocycles. The number of rotatable bonds is 12. The summed E-state index contributed by atoms with van der Waals surface area (Å²) in [5.74, 6) is 0. The molecule has 0 aromatic heterocycles. The molecule has 6 aromatic carbocycles. The van der Waals surface area contributed by atoms with E-state index in [1.807, 2.05) is 12.1 Å². The van der Waals surface area contributed by atoms with E-state index in [1.165, 1.54) is 0 Å². The first-order valence-electron chi connectivity index (χ1n) is 15.5. The van der Waals surface area contributed by atoms with Crippen molar-refractivity contribution in [2.24, 2.45) is 0 Å². The summed E-state index contributed by atoms with van der Waals surface area (Å²) >= 11 is -9.24.